The number of cyclic esters (lactones) is 1. The lowest BCUT2D eigenvalue weighted by atomic mass is 9.78. The zero-order valence-corrected chi connectivity index (χ0v) is 20.9. The van der Waals surface area contributed by atoms with Crippen LogP contribution < -0.4 is 4.90 Å². The van der Waals surface area contributed by atoms with Gasteiger partial charge in [-0.1, -0.05) is 48.0 Å². The highest BCUT2D eigenvalue weighted by molar-refractivity contribution is 8.02. The van der Waals surface area contributed by atoms with Gasteiger partial charge in [0, 0.05) is 24.9 Å². The molecule has 2 saturated heterocycles. The van der Waals surface area contributed by atoms with Crippen molar-refractivity contribution in [3.63, 3.8) is 0 Å². The topological polar surface area (TPSA) is 87.2 Å². The number of rotatable bonds is 6. The van der Waals surface area contributed by atoms with E-state index in [2.05, 4.69) is 0 Å². The lowest BCUT2D eigenvalue weighted by molar-refractivity contribution is -0.153. The summed E-state index contributed by atoms with van der Waals surface area (Å²) >= 11 is 8.00. The Morgan fingerprint density at radius 3 is 2.74 bits per heavy atom. The summed E-state index contributed by atoms with van der Waals surface area (Å²) in [6.07, 6.45) is 10.6. The molecule has 2 fully saturated rings. The summed E-state index contributed by atoms with van der Waals surface area (Å²) in [7, 11) is 0. The molecule has 2 amide bonds. The Labute approximate surface area is 214 Å². The Balaban J connectivity index is 1.57. The van der Waals surface area contributed by atoms with E-state index in [4.69, 9.17) is 16.3 Å². The Bertz CT molecular complexity index is 1080. The first-order chi connectivity index (χ1) is 17.0. The van der Waals surface area contributed by atoms with Gasteiger partial charge in [0.1, 0.15) is 6.04 Å². The SMILES string of the molecule is O=C1OCCC=C[C@H]2S[C@]34C=CCN(c5ccccc5Cl)C(=O)C3N(CCCCCO)C(=O)[C@@H]4[C@@H]12. The Morgan fingerprint density at radius 2 is 1.94 bits per heavy atom. The smallest absolute Gasteiger partial charge is 0.311 e. The first-order valence-electron chi connectivity index (χ1n) is 12.2. The number of carbonyl (C=O) groups excluding carboxylic acids is 3. The van der Waals surface area contributed by atoms with Gasteiger partial charge in [0.05, 0.1) is 33.9 Å². The van der Waals surface area contributed by atoms with Gasteiger partial charge in [-0.2, -0.15) is 0 Å². The van der Waals surface area contributed by atoms with Crippen molar-refractivity contribution in [3.05, 3.63) is 53.6 Å². The second kappa shape index (κ2) is 9.99. The number of hydrogen-bond donors (Lipinski definition) is 1. The number of aliphatic hydroxyl groups is 1. The first-order valence-corrected chi connectivity index (χ1v) is 13.4. The minimum absolute atomic E-state index is 0.0870. The number of halogens is 1. The number of nitrogens with zero attached hydrogens (tertiary/aromatic N) is 2. The summed E-state index contributed by atoms with van der Waals surface area (Å²) in [5, 5.41) is 9.41. The van der Waals surface area contributed by atoms with Gasteiger partial charge in [0.2, 0.25) is 5.91 Å². The zero-order chi connectivity index (χ0) is 24.6. The molecule has 0 radical (unpaired) electrons. The molecule has 1 unspecified atom stereocenters. The quantitative estimate of drug-likeness (QED) is 0.355. The maximum atomic E-state index is 14.2. The highest BCUT2D eigenvalue weighted by Crippen LogP contribution is 2.61. The van der Waals surface area contributed by atoms with Crippen LogP contribution in [0, 0.1) is 11.8 Å². The average molecular weight is 517 g/mol. The fourth-order valence-corrected chi connectivity index (χ4v) is 8.04. The predicted octanol–water partition coefficient (Wildman–Crippen LogP) is 3.21. The van der Waals surface area contributed by atoms with Crippen LogP contribution in [0.25, 0.3) is 0 Å². The van der Waals surface area contributed by atoms with Gasteiger partial charge in [-0.25, -0.2) is 0 Å². The molecule has 4 heterocycles. The zero-order valence-electron chi connectivity index (χ0n) is 19.3. The Kier molecular flexibility index (Phi) is 6.97. The third-order valence-corrected chi connectivity index (χ3v) is 9.38. The maximum absolute atomic E-state index is 14.2. The van der Waals surface area contributed by atoms with Crippen molar-refractivity contribution in [2.75, 3.05) is 31.2 Å². The number of hydrogen-bond acceptors (Lipinski definition) is 6. The fourth-order valence-electron chi connectivity index (χ4n) is 5.80. The van der Waals surface area contributed by atoms with E-state index in [1.54, 1.807) is 15.9 Å². The van der Waals surface area contributed by atoms with Crippen molar-refractivity contribution >= 4 is 46.8 Å². The summed E-state index contributed by atoms with van der Waals surface area (Å²) in [4.78, 5) is 44.6. The number of ether oxygens (including phenoxy) is 1. The van der Waals surface area contributed by atoms with Crippen LogP contribution in [0.1, 0.15) is 25.7 Å². The maximum Gasteiger partial charge on any atom is 0.311 e. The van der Waals surface area contributed by atoms with Crippen LogP contribution in [-0.2, 0) is 19.1 Å². The number of para-hydroxylation sites is 1. The van der Waals surface area contributed by atoms with Crippen LogP contribution in [0.5, 0.6) is 0 Å². The standard InChI is InChI=1S/C26H29ClN2O5S/c27-17-9-2-3-10-18(17)28-14-8-12-26-21(20-19(35-26)11-4-7-16-34-25(20)33)23(31)29(22(26)24(28)32)13-5-1-6-15-30/h2-4,8-12,19-22,30H,1,5-7,13-16H2/t19-,20+,21+,22?,26+/m1/s1. The molecule has 4 aliphatic heterocycles. The number of unbranched alkanes of at least 4 members (excludes halogenated alkanes) is 2. The molecule has 7 nitrogen and oxygen atoms in total. The third kappa shape index (κ3) is 4.09. The number of aliphatic hydroxyl groups excluding tert-OH is 1. The lowest BCUT2D eigenvalue weighted by Gasteiger charge is -2.35. The number of esters is 1. The van der Waals surface area contributed by atoms with E-state index in [9.17, 15) is 19.5 Å². The number of carbonyl (C=O) groups is 3. The number of anilines is 1. The minimum Gasteiger partial charge on any atom is -0.465 e. The lowest BCUT2D eigenvalue weighted by Crippen LogP contribution is -2.53. The molecule has 1 aromatic carbocycles. The molecule has 186 valence electrons. The third-order valence-electron chi connectivity index (χ3n) is 7.32. The number of thioether (sulfide) groups is 1. The van der Waals surface area contributed by atoms with E-state index in [1.165, 1.54) is 11.8 Å². The second-order valence-corrected chi connectivity index (χ2v) is 11.2. The van der Waals surface area contributed by atoms with E-state index < -0.39 is 22.6 Å². The van der Waals surface area contributed by atoms with Crippen LogP contribution in [0.2, 0.25) is 5.02 Å². The molecule has 0 saturated carbocycles. The van der Waals surface area contributed by atoms with Crippen LogP contribution in [0.3, 0.4) is 0 Å². The predicted molar refractivity (Wildman–Crippen MR) is 135 cm³/mol. The van der Waals surface area contributed by atoms with Gasteiger partial charge in [0.15, 0.2) is 0 Å². The molecule has 1 aromatic rings. The molecule has 4 aliphatic rings. The Morgan fingerprint density at radius 1 is 1.11 bits per heavy atom. The molecule has 0 aromatic heterocycles. The van der Waals surface area contributed by atoms with Crippen LogP contribution in [0.4, 0.5) is 5.69 Å². The minimum atomic E-state index is -0.871. The van der Waals surface area contributed by atoms with Crippen molar-refractivity contribution in [3.8, 4) is 0 Å². The van der Waals surface area contributed by atoms with Gasteiger partial charge in [-0.15, -0.1) is 11.8 Å². The molecule has 0 bridgehead atoms. The van der Waals surface area contributed by atoms with E-state index in [-0.39, 0.29) is 29.6 Å². The second-order valence-electron chi connectivity index (χ2n) is 9.34. The summed E-state index contributed by atoms with van der Waals surface area (Å²) in [5.41, 5.74) is 0.602. The highest BCUT2D eigenvalue weighted by Gasteiger charge is 2.70. The van der Waals surface area contributed by atoms with Crippen LogP contribution in [-0.4, -0.2) is 70.1 Å². The monoisotopic (exact) mass is 516 g/mol. The summed E-state index contributed by atoms with van der Waals surface area (Å²) < 4.78 is 4.63. The number of likely N-dealkylation sites (tertiary alicyclic amines) is 1. The molecule has 35 heavy (non-hydrogen) atoms. The van der Waals surface area contributed by atoms with Gasteiger partial charge >= 0.3 is 5.97 Å². The first kappa shape index (κ1) is 24.4. The Hall–Kier alpha value is -2.29. The summed E-state index contributed by atoms with van der Waals surface area (Å²) in [5.74, 6) is -2.06. The molecule has 1 spiro atoms. The average Bonchev–Trinajstić information content (AvgIpc) is 3.21. The van der Waals surface area contributed by atoms with E-state index >= 15 is 0 Å². The summed E-state index contributed by atoms with van der Waals surface area (Å²) in [6.45, 7) is 1.10. The molecular formula is C26H29ClN2O5S. The summed E-state index contributed by atoms with van der Waals surface area (Å²) in [6, 6.07) is 6.44. The largest absolute Gasteiger partial charge is 0.465 e. The highest BCUT2D eigenvalue weighted by atomic mass is 35.5. The molecule has 5 atom stereocenters. The van der Waals surface area contributed by atoms with Gasteiger partial charge in [0.25, 0.3) is 5.91 Å². The fraction of sp³-hybridized carbons (Fsp3) is 0.500. The molecule has 5 rings (SSSR count). The van der Waals surface area contributed by atoms with Crippen molar-refractivity contribution in [1.82, 2.24) is 4.90 Å². The number of benzene rings is 1. The number of fused-ring (bicyclic) bond motifs is 2. The van der Waals surface area contributed by atoms with Gasteiger partial charge in [-0.05, 0) is 37.8 Å². The van der Waals surface area contributed by atoms with Crippen LogP contribution in [0.15, 0.2) is 48.6 Å². The molecular weight excluding hydrogens is 488 g/mol. The van der Waals surface area contributed by atoms with E-state index in [0.29, 0.717) is 49.7 Å². The molecule has 1 N–H and O–H groups in total. The van der Waals surface area contributed by atoms with Gasteiger partial charge in [-0.3, -0.25) is 14.4 Å². The van der Waals surface area contributed by atoms with E-state index in [0.717, 1.165) is 6.42 Å². The van der Waals surface area contributed by atoms with E-state index in [1.807, 2.05) is 42.5 Å². The molecule has 0 aliphatic carbocycles. The number of amides is 2. The molecule has 9 heteroatoms. The normalized spacial score (nSPS) is 32.0. The van der Waals surface area contributed by atoms with Crippen molar-refractivity contribution < 1.29 is 24.2 Å². The van der Waals surface area contributed by atoms with Crippen LogP contribution >= 0.6 is 23.4 Å². The van der Waals surface area contributed by atoms with Crippen molar-refractivity contribution in [1.29, 1.82) is 0 Å². The van der Waals surface area contributed by atoms with Crippen molar-refractivity contribution in [2.45, 2.75) is 41.7 Å². The van der Waals surface area contributed by atoms with Crippen molar-refractivity contribution in [2.24, 2.45) is 11.8 Å². The van der Waals surface area contributed by atoms with Gasteiger partial charge < -0.3 is 19.6 Å².